The van der Waals surface area contributed by atoms with Crippen LogP contribution >= 0.6 is 0 Å². The third-order valence-corrected chi connectivity index (χ3v) is 5.74. The molecule has 0 radical (unpaired) electrons. The van der Waals surface area contributed by atoms with E-state index in [4.69, 9.17) is 4.74 Å². The lowest BCUT2D eigenvalue weighted by Gasteiger charge is -2.38. The van der Waals surface area contributed by atoms with E-state index < -0.39 is 0 Å². The Bertz CT molecular complexity index is 943. The van der Waals surface area contributed by atoms with Gasteiger partial charge in [0.05, 0.1) is 29.2 Å². The molecule has 27 heavy (non-hydrogen) atoms. The van der Waals surface area contributed by atoms with E-state index >= 15 is 0 Å². The molecule has 1 aliphatic carbocycles. The molecule has 3 aliphatic rings. The number of benzene rings is 1. The summed E-state index contributed by atoms with van der Waals surface area (Å²) in [7, 11) is 0. The Kier molecular flexibility index (Phi) is 3.81. The van der Waals surface area contributed by atoms with E-state index in [-0.39, 0.29) is 11.6 Å². The summed E-state index contributed by atoms with van der Waals surface area (Å²) in [6.45, 7) is 1.65. The average molecular weight is 361 g/mol. The zero-order valence-corrected chi connectivity index (χ0v) is 15.2. The summed E-state index contributed by atoms with van der Waals surface area (Å²) in [5.74, 6) is 0. The molecule has 1 amide bonds. The quantitative estimate of drug-likeness (QED) is 0.871. The van der Waals surface area contributed by atoms with Crippen LogP contribution < -0.4 is 5.32 Å². The van der Waals surface area contributed by atoms with Crippen molar-refractivity contribution in [2.45, 2.75) is 24.8 Å². The minimum Gasteiger partial charge on any atom is -0.445 e. The molecule has 0 bridgehead atoms. The minimum atomic E-state index is -0.263. The van der Waals surface area contributed by atoms with Crippen LogP contribution in [0.4, 0.5) is 10.5 Å². The number of carbonyl (C=O) groups is 1. The van der Waals surface area contributed by atoms with Gasteiger partial charge < -0.3 is 19.5 Å². The number of nitrogens with one attached hydrogen (secondary N) is 1. The van der Waals surface area contributed by atoms with E-state index in [1.807, 2.05) is 11.0 Å². The molecule has 138 valence electrons. The first kappa shape index (κ1) is 16.2. The number of rotatable bonds is 2. The van der Waals surface area contributed by atoms with E-state index in [1.54, 1.807) is 0 Å². The second kappa shape index (κ2) is 6.34. The van der Waals surface area contributed by atoms with Gasteiger partial charge in [0.15, 0.2) is 0 Å². The van der Waals surface area contributed by atoms with Gasteiger partial charge in [0, 0.05) is 12.7 Å². The fourth-order valence-corrected chi connectivity index (χ4v) is 4.38. The molecule has 1 saturated heterocycles. The van der Waals surface area contributed by atoms with E-state index in [9.17, 15) is 4.79 Å². The second-order valence-electron chi connectivity index (χ2n) is 7.47. The smallest absolute Gasteiger partial charge is 0.410 e. The summed E-state index contributed by atoms with van der Waals surface area (Å²) in [4.78, 5) is 14.5. The average Bonchev–Trinajstić information content (AvgIpc) is 3.36. The van der Waals surface area contributed by atoms with Gasteiger partial charge in [-0.05, 0) is 49.1 Å². The number of ether oxygens (including phenoxy) is 1. The number of para-hydroxylation sites is 2. The van der Waals surface area contributed by atoms with Crippen molar-refractivity contribution in [3.63, 3.8) is 0 Å². The Balaban J connectivity index is 1.34. The first-order valence-corrected chi connectivity index (χ1v) is 9.58. The lowest BCUT2D eigenvalue weighted by molar-refractivity contribution is 0.117. The first-order valence-electron chi connectivity index (χ1n) is 9.58. The molecule has 1 unspecified atom stereocenters. The van der Waals surface area contributed by atoms with Gasteiger partial charge in [-0.15, -0.1) is 0 Å². The maximum Gasteiger partial charge on any atom is 0.410 e. The fourth-order valence-electron chi connectivity index (χ4n) is 4.38. The van der Waals surface area contributed by atoms with Gasteiger partial charge in [0.25, 0.3) is 0 Å². The molecule has 3 heterocycles. The summed E-state index contributed by atoms with van der Waals surface area (Å²) >= 11 is 0. The maximum absolute atomic E-state index is 12.6. The second-order valence-corrected chi connectivity index (χ2v) is 7.47. The van der Waals surface area contributed by atoms with Crippen LogP contribution in [0, 0.1) is 0 Å². The van der Waals surface area contributed by atoms with Crippen LogP contribution in [-0.4, -0.2) is 35.3 Å². The number of carbonyl (C=O) groups excluding carboxylic acids is 1. The number of nitrogens with zero attached hydrogens (tertiary/aromatic N) is 2. The molecule has 1 aromatic carbocycles. The van der Waals surface area contributed by atoms with E-state index in [0.717, 1.165) is 36.2 Å². The molecule has 1 aromatic heterocycles. The number of amides is 1. The lowest BCUT2D eigenvalue weighted by atomic mass is 9.91. The van der Waals surface area contributed by atoms with Crippen LogP contribution in [0.5, 0.6) is 0 Å². The maximum atomic E-state index is 12.6. The summed E-state index contributed by atoms with van der Waals surface area (Å²) in [5.41, 5.74) is 4.28. The topological polar surface area (TPSA) is 46.5 Å². The molecule has 1 spiro atoms. The molecule has 5 heteroatoms. The van der Waals surface area contributed by atoms with Gasteiger partial charge in [0.2, 0.25) is 0 Å². The summed E-state index contributed by atoms with van der Waals surface area (Å²) in [6, 6.07) is 12.5. The van der Waals surface area contributed by atoms with Gasteiger partial charge in [0.1, 0.15) is 6.61 Å². The van der Waals surface area contributed by atoms with Gasteiger partial charge in [-0.2, -0.15) is 0 Å². The highest BCUT2D eigenvalue weighted by Gasteiger charge is 2.46. The monoisotopic (exact) mass is 361 g/mol. The van der Waals surface area contributed by atoms with Gasteiger partial charge in [-0.3, -0.25) is 0 Å². The van der Waals surface area contributed by atoms with Crippen molar-refractivity contribution >= 4 is 11.8 Å². The predicted molar refractivity (Wildman–Crippen MR) is 105 cm³/mol. The van der Waals surface area contributed by atoms with Crippen LogP contribution in [-0.2, 0) is 10.3 Å². The number of aromatic nitrogens is 1. The Morgan fingerprint density at radius 3 is 3.00 bits per heavy atom. The molecule has 2 aliphatic heterocycles. The zero-order chi connectivity index (χ0) is 18.3. The molecular formula is C22H23N3O2. The van der Waals surface area contributed by atoms with Crippen molar-refractivity contribution < 1.29 is 9.53 Å². The molecule has 5 rings (SSSR count). The molecular weight excluding hydrogens is 338 g/mol. The summed E-state index contributed by atoms with van der Waals surface area (Å²) in [5, 5.41) is 3.71. The van der Waals surface area contributed by atoms with Crippen molar-refractivity contribution in [3.8, 4) is 5.69 Å². The fraction of sp³-hybridized carbons (Fsp3) is 0.318. The Morgan fingerprint density at radius 1 is 1.19 bits per heavy atom. The molecule has 2 aromatic rings. The number of likely N-dealkylation sites (tertiary alicyclic amines) is 1. The van der Waals surface area contributed by atoms with Crippen LogP contribution in [0.3, 0.4) is 0 Å². The molecule has 0 saturated carbocycles. The highest BCUT2D eigenvalue weighted by atomic mass is 16.6. The third kappa shape index (κ3) is 2.74. The molecule has 5 nitrogen and oxygen atoms in total. The van der Waals surface area contributed by atoms with E-state index in [0.29, 0.717) is 19.7 Å². The van der Waals surface area contributed by atoms with Crippen molar-refractivity contribution in [2.75, 3.05) is 25.0 Å². The minimum absolute atomic E-state index is 0.231. The summed E-state index contributed by atoms with van der Waals surface area (Å²) in [6.07, 6.45) is 11.1. The van der Waals surface area contributed by atoms with Crippen LogP contribution in [0.25, 0.3) is 5.69 Å². The SMILES string of the molecule is O=C(OCC1=CCCC=C1)N1CCC2(C1)Nc1ccccc1-n1cccc12. The number of allylic oxidation sites excluding steroid dienone is 2. The molecule has 1 fully saturated rings. The zero-order valence-electron chi connectivity index (χ0n) is 15.2. The highest BCUT2D eigenvalue weighted by Crippen LogP contribution is 2.42. The van der Waals surface area contributed by atoms with E-state index in [2.05, 4.69) is 64.6 Å². The van der Waals surface area contributed by atoms with Crippen LogP contribution in [0.1, 0.15) is 25.0 Å². The molecule has 1 atom stereocenters. The number of anilines is 1. The number of hydrogen-bond donors (Lipinski definition) is 1. The standard InChI is InChI=1S/C22H23N3O2/c26-21(27-15-17-7-2-1-3-8-17)24-14-12-22(16-24)20-11-6-13-25(20)19-10-5-4-9-18(19)23-22/h2,4-11,13,23H,1,3,12,14-16H2. The van der Waals surface area contributed by atoms with Crippen molar-refractivity contribution in [3.05, 3.63) is 72.1 Å². The Labute approximate surface area is 158 Å². The van der Waals surface area contributed by atoms with Crippen LogP contribution in [0.15, 0.2) is 66.4 Å². The summed E-state index contributed by atoms with van der Waals surface area (Å²) < 4.78 is 7.81. The lowest BCUT2D eigenvalue weighted by Crippen LogP contribution is -2.44. The Morgan fingerprint density at radius 2 is 2.11 bits per heavy atom. The molecule has 1 N–H and O–H groups in total. The highest BCUT2D eigenvalue weighted by molar-refractivity contribution is 5.71. The largest absolute Gasteiger partial charge is 0.445 e. The number of fused-ring (bicyclic) bond motifs is 4. The predicted octanol–water partition coefficient (Wildman–Crippen LogP) is 4.22. The number of hydrogen-bond acceptors (Lipinski definition) is 3. The van der Waals surface area contributed by atoms with Gasteiger partial charge >= 0.3 is 6.09 Å². The van der Waals surface area contributed by atoms with Crippen molar-refractivity contribution in [1.82, 2.24) is 9.47 Å². The Hall–Kier alpha value is -2.95. The third-order valence-electron chi connectivity index (χ3n) is 5.74. The van der Waals surface area contributed by atoms with E-state index in [1.165, 1.54) is 5.69 Å². The van der Waals surface area contributed by atoms with Gasteiger partial charge in [-0.25, -0.2) is 4.79 Å². The van der Waals surface area contributed by atoms with Gasteiger partial charge in [-0.1, -0.05) is 30.4 Å². The first-order chi connectivity index (χ1) is 13.3. The van der Waals surface area contributed by atoms with Crippen molar-refractivity contribution in [2.24, 2.45) is 0 Å². The van der Waals surface area contributed by atoms with Crippen molar-refractivity contribution in [1.29, 1.82) is 0 Å². The van der Waals surface area contributed by atoms with Crippen LogP contribution in [0.2, 0.25) is 0 Å². The normalized spacial score (nSPS) is 22.8.